The molecule has 1 heterocycles. The lowest BCUT2D eigenvalue weighted by atomic mass is 10.2. The Kier molecular flexibility index (Phi) is 6.88. The van der Waals surface area contributed by atoms with Crippen LogP contribution in [0.3, 0.4) is 0 Å². The Morgan fingerprint density at radius 2 is 1.62 bits per heavy atom. The lowest BCUT2D eigenvalue weighted by Gasteiger charge is -2.34. The molecular formula is C19H27ClN4O2. The Hall–Kier alpha value is -1.63. The molecular weight excluding hydrogens is 352 g/mol. The van der Waals surface area contributed by atoms with Gasteiger partial charge >= 0.3 is 6.03 Å². The third-order valence-corrected chi connectivity index (χ3v) is 5.35. The molecule has 2 fully saturated rings. The lowest BCUT2D eigenvalue weighted by Crippen LogP contribution is -2.51. The van der Waals surface area contributed by atoms with E-state index >= 15 is 0 Å². The number of rotatable bonds is 5. The van der Waals surface area contributed by atoms with Crippen LogP contribution >= 0.6 is 11.6 Å². The molecule has 1 aromatic carbocycles. The van der Waals surface area contributed by atoms with E-state index in [-0.39, 0.29) is 24.5 Å². The monoisotopic (exact) mass is 378 g/mol. The van der Waals surface area contributed by atoms with Crippen molar-refractivity contribution in [3.8, 4) is 0 Å². The second kappa shape index (κ2) is 9.35. The van der Waals surface area contributed by atoms with Gasteiger partial charge in [-0.3, -0.25) is 19.9 Å². The first kappa shape index (κ1) is 19.1. The van der Waals surface area contributed by atoms with Crippen molar-refractivity contribution >= 4 is 23.5 Å². The predicted molar refractivity (Wildman–Crippen MR) is 102 cm³/mol. The van der Waals surface area contributed by atoms with Crippen LogP contribution in [0.2, 0.25) is 5.02 Å². The zero-order chi connectivity index (χ0) is 18.4. The lowest BCUT2D eigenvalue weighted by molar-refractivity contribution is -0.121. The maximum absolute atomic E-state index is 12.1. The Bertz CT molecular complexity index is 608. The fourth-order valence-corrected chi connectivity index (χ4v) is 3.74. The van der Waals surface area contributed by atoms with Gasteiger partial charge in [-0.25, -0.2) is 4.79 Å². The van der Waals surface area contributed by atoms with Crippen LogP contribution < -0.4 is 10.6 Å². The molecule has 7 heteroatoms. The molecule has 142 valence electrons. The number of nitrogens with zero attached hydrogens (tertiary/aromatic N) is 2. The smallest absolute Gasteiger partial charge is 0.321 e. The first-order valence-corrected chi connectivity index (χ1v) is 9.76. The van der Waals surface area contributed by atoms with Crippen molar-refractivity contribution in [2.24, 2.45) is 0 Å². The Morgan fingerprint density at radius 1 is 1.00 bits per heavy atom. The van der Waals surface area contributed by atoms with Crippen molar-refractivity contribution < 1.29 is 9.59 Å². The molecule has 26 heavy (non-hydrogen) atoms. The topological polar surface area (TPSA) is 64.7 Å². The van der Waals surface area contributed by atoms with E-state index in [0.717, 1.165) is 63.4 Å². The second-order valence-corrected chi connectivity index (χ2v) is 7.62. The molecule has 6 nitrogen and oxygen atoms in total. The van der Waals surface area contributed by atoms with Crippen molar-refractivity contribution in [3.63, 3.8) is 0 Å². The van der Waals surface area contributed by atoms with Crippen LogP contribution in [0.25, 0.3) is 0 Å². The van der Waals surface area contributed by atoms with Gasteiger partial charge in [0.05, 0.1) is 6.54 Å². The average Bonchev–Trinajstić information content (AvgIpc) is 3.11. The molecule has 0 aromatic heterocycles. The van der Waals surface area contributed by atoms with E-state index in [1.54, 1.807) is 0 Å². The van der Waals surface area contributed by atoms with Crippen molar-refractivity contribution in [2.45, 2.75) is 38.3 Å². The van der Waals surface area contributed by atoms with Gasteiger partial charge in [-0.2, -0.15) is 0 Å². The van der Waals surface area contributed by atoms with E-state index in [0.29, 0.717) is 0 Å². The highest BCUT2D eigenvalue weighted by atomic mass is 35.5. The molecule has 0 atom stereocenters. The van der Waals surface area contributed by atoms with Crippen LogP contribution in [0, 0.1) is 0 Å². The number of urea groups is 1. The Balaban J connectivity index is 1.34. The van der Waals surface area contributed by atoms with Crippen LogP contribution in [0.15, 0.2) is 24.3 Å². The van der Waals surface area contributed by atoms with Crippen LogP contribution in [0.5, 0.6) is 0 Å². The molecule has 1 saturated carbocycles. The highest BCUT2D eigenvalue weighted by molar-refractivity contribution is 6.30. The quantitative estimate of drug-likeness (QED) is 0.824. The second-order valence-electron chi connectivity index (χ2n) is 7.18. The van der Waals surface area contributed by atoms with Crippen LogP contribution in [-0.2, 0) is 11.3 Å². The summed E-state index contributed by atoms with van der Waals surface area (Å²) in [6.45, 7) is 4.62. The number of amides is 3. The van der Waals surface area contributed by atoms with Gasteiger partial charge in [0, 0.05) is 43.8 Å². The van der Waals surface area contributed by atoms with Gasteiger partial charge < -0.3 is 5.32 Å². The number of hydrogen-bond acceptors (Lipinski definition) is 4. The third-order valence-electron chi connectivity index (χ3n) is 5.09. The highest BCUT2D eigenvalue weighted by Crippen LogP contribution is 2.17. The van der Waals surface area contributed by atoms with Crippen LogP contribution in [0.4, 0.5) is 4.79 Å². The predicted octanol–water partition coefficient (Wildman–Crippen LogP) is 2.23. The molecule has 2 aliphatic rings. The molecule has 2 N–H and O–H groups in total. The third kappa shape index (κ3) is 5.97. The number of imide groups is 1. The molecule has 1 aliphatic carbocycles. The number of piperazine rings is 1. The minimum atomic E-state index is -0.358. The minimum Gasteiger partial charge on any atom is -0.335 e. The molecule has 1 saturated heterocycles. The number of nitrogens with one attached hydrogen (secondary N) is 2. The molecule has 1 aliphatic heterocycles. The van der Waals surface area contributed by atoms with Gasteiger partial charge in [0.2, 0.25) is 5.91 Å². The van der Waals surface area contributed by atoms with Crippen LogP contribution in [0.1, 0.15) is 31.2 Å². The SMILES string of the molecule is O=C(CN1CCN(Cc2ccc(Cl)cc2)CC1)NC(=O)NC1CCCC1. The molecule has 1 aromatic rings. The summed E-state index contributed by atoms with van der Waals surface area (Å²) in [7, 11) is 0. The normalized spacial score (nSPS) is 19.4. The summed E-state index contributed by atoms with van der Waals surface area (Å²) >= 11 is 5.92. The van der Waals surface area contributed by atoms with Gasteiger partial charge in [-0.1, -0.05) is 36.6 Å². The Morgan fingerprint density at radius 3 is 2.27 bits per heavy atom. The first-order chi connectivity index (χ1) is 12.6. The van der Waals surface area contributed by atoms with Crippen molar-refractivity contribution in [1.82, 2.24) is 20.4 Å². The average molecular weight is 379 g/mol. The molecule has 3 rings (SSSR count). The number of carbonyl (C=O) groups is 2. The fraction of sp³-hybridized carbons (Fsp3) is 0.579. The molecule has 0 radical (unpaired) electrons. The zero-order valence-electron chi connectivity index (χ0n) is 15.0. The van der Waals surface area contributed by atoms with E-state index in [1.165, 1.54) is 5.56 Å². The summed E-state index contributed by atoms with van der Waals surface area (Å²) in [4.78, 5) is 28.4. The first-order valence-electron chi connectivity index (χ1n) is 9.38. The number of carbonyl (C=O) groups excluding carboxylic acids is 2. The van der Waals surface area contributed by atoms with Crippen LogP contribution in [-0.4, -0.2) is 60.5 Å². The molecule has 0 unspecified atom stereocenters. The summed E-state index contributed by atoms with van der Waals surface area (Å²) < 4.78 is 0. The summed E-state index contributed by atoms with van der Waals surface area (Å²) in [6, 6.07) is 7.78. The van der Waals surface area contributed by atoms with Crippen molar-refractivity contribution in [3.05, 3.63) is 34.9 Å². The van der Waals surface area contributed by atoms with Crippen molar-refractivity contribution in [1.29, 1.82) is 0 Å². The summed E-state index contributed by atoms with van der Waals surface area (Å²) in [6.07, 6.45) is 4.33. The van der Waals surface area contributed by atoms with Crippen molar-refractivity contribution in [2.75, 3.05) is 32.7 Å². The van der Waals surface area contributed by atoms with Gasteiger partial charge in [0.15, 0.2) is 0 Å². The molecule has 0 bridgehead atoms. The standard InChI is InChI=1S/C19H27ClN4O2/c20-16-7-5-15(6-8-16)13-23-9-11-24(12-10-23)14-18(25)22-19(26)21-17-3-1-2-4-17/h5-8,17H,1-4,9-14H2,(H2,21,22,25,26). The van der Waals surface area contributed by atoms with E-state index in [9.17, 15) is 9.59 Å². The summed E-state index contributed by atoms with van der Waals surface area (Å²) in [5.41, 5.74) is 1.24. The fourth-order valence-electron chi connectivity index (χ4n) is 3.61. The number of benzene rings is 1. The molecule has 0 spiro atoms. The largest absolute Gasteiger partial charge is 0.335 e. The zero-order valence-corrected chi connectivity index (χ0v) is 15.8. The van der Waals surface area contributed by atoms with E-state index in [2.05, 4.69) is 20.4 Å². The number of halogens is 1. The van der Waals surface area contributed by atoms with Gasteiger partial charge in [-0.05, 0) is 30.5 Å². The highest BCUT2D eigenvalue weighted by Gasteiger charge is 2.21. The van der Waals surface area contributed by atoms with E-state index < -0.39 is 0 Å². The van der Waals surface area contributed by atoms with E-state index in [1.807, 2.05) is 24.3 Å². The maximum atomic E-state index is 12.1. The maximum Gasteiger partial charge on any atom is 0.321 e. The van der Waals surface area contributed by atoms with Gasteiger partial charge in [-0.15, -0.1) is 0 Å². The van der Waals surface area contributed by atoms with E-state index in [4.69, 9.17) is 11.6 Å². The summed E-state index contributed by atoms with van der Waals surface area (Å²) in [5.74, 6) is -0.230. The number of hydrogen-bond donors (Lipinski definition) is 2. The Labute approximate surface area is 159 Å². The van der Waals surface area contributed by atoms with Gasteiger partial charge in [0.25, 0.3) is 0 Å². The molecule has 3 amide bonds. The summed E-state index contributed by atoms with van der Waals surface area (Å²) in [5, 5.41) is 6.08. The minimum absolute atomic E-state index is 0.221. The van der Waals surface area contributed by atoms with Gasteiger partial charge in [0.1, 0.15) is 0 Å².